The lowest BCUT2D eigenvalue weighted by molar-refractivity contribution is -0.144. The number of carbonyl (C=O) groups excluding carboxylic acids is 3. The van der Waals surface area contributed by atoms with Crippen LogP contribution in [0.5, 0.6) is 17.2 Å². The summed E-state index contributed by atoms with van der Waals surface area (Å²) < 4.78 is 65.8. The Morgan fingerprint density at radius 2 is 1.37 bits per heavy atom. The summed E-state index contributed by atoms with van der Waals surface area (Å²) in [6, 6.07) is 15.8. The molecule has 0 N–H and O–H groups in total. The normalized spacial score (nSPS) is 10.8. The maximum atomic E-state index is 15.3. The molecule has 0 radical (unpaired) electrons. The van der Waals surface area contributed by atoms with Gasteiger partial charge < -0.3 is 18.9 Å². The number of fused-ring (bicyclic) bond motifs is 1. The van der Waals surface area contributed by atoms with Crippen molar-refractivity contribution in [2.24, 2.45) is 0 Å². The number of carbonyl (C=O) groups is 3. The Hall–Kier alpha value is -5.64. The average Bonchev–Trinajstić information content (AvgIpc) is 3.02. The van der Waals surface area contributed by atoms with Gasteiger partial charge in [-0.2, -0.15) is 0 Å². The Bertz CT molecular complexity index is 1730. The van der Waals surface area contributed by atoms with Crippen LogP contribution in [0.15, 0.2) is 98.1 Å². The highest BCUT2D eigenvalue weighted by Crippen LogP contribution is 2.34. The number of hydrogen-bond donors (Lipinski definition) is 0. The standard InChI is InChI=1S/C33H23F3O7/c1-3-23(37)18-40-24-10-7-20(8-11-24)27-17-22-6-5-21(31(34)30(22)33(36)32(27)35)9-16-29(39)43-26-14-12-25(13-15-26)41-19-42-28(38)4-2/h3-17H,1-2,18-19H2/b16-9+. The highest BCUT2D eigenvalue weighted by molar-refractivity contribution is 5.93. The Balaban J connectivity index is 1.46. The van der Waals surface area contributed by atoms with Crippen LogP contribution in [-0.4, -0.2) is 31.1 Å². The summed E-state index contributed by atoms with van der Waals surface area (Å²) in [7, 11) is 0. The van der Waals surface area contributed by atoms with E-state index in [0.29, 0.717) is 17.1 Å². The summed E-state index contributed by atoms with van der Waals surface area (Å²) in [5, 5.41) is -0.474. The number of halogens is 3. The van der Waals surface area contributed by atoms with E-state index in [9.17, 15) is 14.4 Å². The number of ketones is 1. The Kier molecular flexibility index (Phi) is 9.74. The van der Waals surface area contributed by atoms with Crippen molar-refractivity contribution < 1.29 is 46.5 Å². The summed E-state index contributed by atoms with van der Waals surface area (Å²) in [5.41, 5.74) is 0.0478. The molecule has 0 atom stereocenters. The molecule has 4 rings (SSSR count). The molecule has 43 heavy (non-hydrogen) atoms. The molecule has 0 aliphatic heterocycles. The Morgan fingerprint density at radius 1 is 0.721 bits per heavy atom. The zero-order valence-corrected chi connectivity index (χ0v) is 22.5. The molecule has 4 aromatic carbocycles. The van der Waals surface area contributed by atoms with Crippen molar-refractivity contribution in [2.45, 2.75) is 0 Å². The fraction of sp³-hybridized carbons (Fsp3) is 0.0606. The third kappa shape index (κ3) is 7.56. The first kappa shape index (κ1) is 30.3. The first-order chi connectivity index (χ1) is 20.7. The molecule has 4 aromatic rings. The zero-order valence-electron chi connectivity index (χ0n) is 22.5. The predicted molar refractivity (Wildman–Crippen MR) is 153 cm³/mol. The molecule has 0 saturated heterocycles. The largest absolute Gasteiger partial charge is 0.485 e. The van der Waals surface area contributed by atoms with Gasteiger partial charge in [0.1, 0.15) is 23.1 Å². The summed E-state index contributed by atoms with van der Waals surface area (Å²) in [6.07, 6.45) is 4.15. The van der Waals surface area contributed by atoms with Crippen molar-refractivity contribution in [2.75, 3.05) is 13.4 Å². The molecule has 218 valence electrons. The average molecular weight is 589 g/mol. The van der Waals surface area contributed by atoms with Crippen molar-refractivity contribution in [1.29, 1.82) is 0 Å². The van der Waals surface area contributed by atoms with Crippen molar-refractivity contribution in [1.82, 2.24) is 0 Å². The van der Waals surface area contributed by atoms with E-state index in [4.69, 9.17) is 18.9 Å². The molecule has 7 nitrogen and oxygen atoms in total. The summed E-state index contributed by atoms with van der Waals surface area (Å²) in [6.45, 7) is 6.07. The van der Waals surface area contributed by atoms with E-state index in [1.165, 1.54) is 66.7 Å². The molecule has 0 fully saturated rings. The second-order valence-corrected chi connectivity index (χ2v) is 8.76. The number of rotatable bonds is 12. The van der Waals surface area contributed by atoms with Crippen LogP contribution in [0, 0.1) is 17.5 Å². The highest BCUT2D eigenvalue weighted by atomic mass is 19.2. The molecule has 0 bridgehead atoms. The molecule has 0 aromatic heterocycles. The van der Waals surface area contributed by atoms with Crippen LogP contribution in [0.4, 0.5) is 13.2 Å². The van der Waals surface area contributed by atoms with E-state index >= 15 is 13.2 Å². The third-order valence-electron chi connectivity index (χ3n) is 5.96. The molecule has 0 heterocycles. The van der Waals surface area contributed by atoms with Crippen LogP contribution in [0.3, 0.4) is 0 Å². The topological polar surface area (TPSA) is 88.1 Å². The van der Waals surface area contributed by atoms with Crippen LogP contribution in [0.1, 0.15) is 5.56 Å². The van der Waals surface area contributed by atoms with Gasteiger partial charge in [0.25, 0.3) is 0 Å². The van der Waals surface area contributed by atoms with E-state index in [1.807, 2.05) is 0 Å². The van der Waals surface area contributed by atoms with Crippen molar-refractivity contribution >= 4 is 34.6 Å². The second-order valence-electron chi connectivity index (χ2n) is 8.76. The lowest BCUT2D eigenvalue weighted by atomic mass is 9.98. The molecule has 0 saturated carbocycles. The fourth-order valence-electron chi connectivity index (χ4n) is 3.81. The van der Waals surface area contributed by atoms with E-state index in [0.717, 1.165) is 24.3 Å². The van der Waals surface area contributed by atoms with Crippen LogP contribution in [0.2, 0.25) is 0 Å². The van der Waals surface area contributed by atoms with E-state index in [2.05, 4.69) is 13.2 Å². The third-order valence-corrected chi connectivity index (χ3v) is 5.96. The maximum absolute atomic E-state index is 15.3. The molecule has 0 amide bonds. The molecule has 10 heteroatoms. The molecular weight excluding hydrogens is 565 g/mol. The van der Waals surface area contributed by atoms with Crippen molar-refractivity contribution in [3.63, 3.8) is 0 Å². The van der Waals surface area contributed by atoms with E-state index in [-0.39, 0.29) is 41.4 Å². The number of hydrogen-bond acceptors (Lipinski definition) is 7. The lowest BCUT2D eigenvalue weighted by Crippen LogP contribution is -2.07. The predicted octanol–water partition coefficient (Wildman–Crippen LogP) is 6.74. The van der Waals surface area contributed by atoms with Crippen molar-refractivity contribution in [3.05, 3.63) is 121 Å². The minimum Gasteiger partial charge on any atom is -0.485 e. The van der Waals surface area contributed by atoms with Crippen LogP contribution in [-0.2, 0) is 19.1 Å². The molecular formula is C33H23F3O7. The van der Waals surface area contributed by atoms with Gasteiger partial charge in [0.15, 0.2) is 24.0 Å². The lowest BCUT2D eigenvalue weighted by Gasteiger charge is -2.11. The first-order valence-electron chi connectivity index (χ1n) is 12.6. The van der Waals surface area contributed by atoms with E-state index < -0.39 is 34.8 Å². The monoisotopic (exact) mass is 588 g/mol. The Morgan fingerprint density at radius 3 is 2.05 bits per heavy atom. The van der Waals surface area contributed by atoms with Gasteiger partial charge in [0.05, 0.1) is 5.39 Å². The van der Waals surface area contributed by atoms with Gasteiger partial charge in [-0.15, -0.1) is 0 Å². The maximum Gasteiger partial charge on any atom is 0.336 e. The van der Waals surface area contributed by atoms with Crippen LogP contribution >= 0.6 is 0 Å². The summed E-state index contributed by atoms with van der Waals surface area (Å²) in [5.74, 6) is -4.68. The summed E-state index contributed by atoms with van der Waals surface area (Å²) >= 11 is 0. The Labute approximate surface area is 244 Å². The minimum atomic E-state index is -1.39. The molecule has 0 aliphatic carbocycles. The van der Waals surface area contributed by atoms with Crippen LogP contribution in [0.25, 0.3) is 28.0 Å². The highest BCUT2D eigenvalue weighted by Gasteiger charge is 2.19. The molecule has 0 spiro atoms. The number of esters is 2. The number of ether oxygens (including phenoxy) is 4. The van der Waals surface area contributed by atoms with Crippen LogP contribution < -0.4 is 14.2 Å². The van der Waals surface area contributed by atoms with E-state index in [1.54, 1.807) is 0 Å². The zero-order chi connectivity index (χ0) is 30.9. The van der Waals surface area contributed by atoms with Gasteiger partial charge in [-0.05, 0) is 65.6 Å². The molecule has 0 unspecified atom stereocenters. The van der Waals surface area contributed by atoms with Gasteiger partial charge in [0.2, 0.25) is 6.79 Å². The first-order valence-corrected chi connectivity index (χ1v) is 12.6. The minimum absolute atomic E-state index is 0.0980. The quantitative estimate of drug-likeness (QED) is 0.0784. The fourth-order valence-corrected chi connectivity index (χ4v) is 3.81. The molecule has 0 aliphatic rings. The van der Waals surface area contributed by atoms with Crippen molar-refractivity contribution in [3.8, 4) is 28.4 Å². The van der Waals surface area contributed by atoms with Gasteiger partial charge in [-0.25, -0.2) is 22.8 Å². The van der Waals surface area contributed by atoms with Gasteiger partial charge in [-0.1, -0.05) is 37.4 Å². The van der Waals surface area contributed by atoms with Gasteiger partial charge in [0, 0.05) is 23.3 Å². The van der Waals surface area contributed by atoms with Gasteiger partial charge in [-0.3, -0.25) is 4.79 Å². The SMILES string of the molecule is C=CC(=O)COc1ccc(-c2cc3ccc(/C=C/C(=O)Oc4ccc(OCOC(=O)C=C)cc4)c(F)c3c(F)c2F)cc1. The smallest absolute Gasteiger partial charge is 0.336 e. The second kappa shape index (κ2) is 13.8. The summed E-state index contributed by atoms with van der Waals surface area (Å²) in [4.78, 5) is 34.6. The van der Waals surface area contributed by atoms with Gasteiger partial charge >= 0.3 is 11.9 Å². The number of benzene rings is 4.